The fraction of sp³-hybridized carbons (Fsp3) is 0.360. The first kappa shape index (κ1) is 23.4. The second kappa shape index (κ2) is 9.64. The average Bonchev–Trinajstić information content (AvgIpc) is 3.22. The number of hydrogen-bond donors (Lipinski definition) is 3. The molecule has 0 radical (unpaired) electrons. The summed E-state index contributed by atoms with van der Waals surface area (Å²) in [5.41, 5.74) is 3.85. The van der Waals surface area contributed by atoms with Crippen molar-refractivity contribution in [2.75, 3.05) is 5.32 Å². The monoisotopic (exact) mass is 464 g/mol. The molecular weight excluding hydrogens is 436 g/mol. The fourth-order valence-electron chi connectivity index (χ4n) is 4.61. The number of urea groups is 1. The maximum absolute atomic E-state index is 13.0. The molecule has 9 heteroatoms. The molecule has 1 saturated carbocycles. The molecule has 4 amide bonds. The molecule has 34 heavy (non-hydrogen) atoms. The lowest BCUT2D eigenvalue weighted by Crippen LogP contribution is -2.57. The summed E-state index contributed by atoms with van der Waals surface area (Å²) < 4.78 is 0. The number of ketones is 1. The maximum Gasteiger partial charge on any atom is 0.415 e. The first-order valence-corrected chi connectivity index (χ1v) is 11.4. The lowest BCUT2D eigenvalue weighted by Gasteiger charge is -2.34. The Balaban J connectivity index is 1.46. The summed E-state index contributed by atoms with van der Waals surface area (Å²) in [6, 6.07) is 10.2. The Labute approximate surface area is 197 Å². The highest BCUT2D eigenvalue weighted by Gasteiger charge is 2.36. The average molecular weight is 465 g/mol. The van der Waals surface area contributed by atoms with Gasteiger partial charge in [-0.3, -0.25) is 14.6 Å². The Morgan fingerprint density at radius 1 is 1.03 bits per heavy atom. The van der Waals surface area contributed by atoms with Crippen molar-refractivity contribution in [3.8, 4) is 11.1 Å². The molecule has 4 rings (SSSR count). The van der Waals surface area contributed by atoms with Crippen LogP contribution in [0.25, 0.3) is 11.1 Å². The molecule has 2 aromatic carbocycles. The summed E-state index contributed by atoms with van der Waals surface area (Å²) >= 11 is 0. The lowest BCUT2D eigenvalue weighted by molar-refractivity contribution is -0.115. The molecule has 0 bridgehead atoms. The molecule has 1 fully saturated rings. The number of imide groups is 1. The molecule has 178 valence electrons. The van der Waals surface area contributed by atoms with E-state index in [0.717, 1.165) is 46.5 Å². The zero-order valence-corrected chi connectivity index (χ0v) is 19.0. The first-order valence-electron chi connectivity index (χ1n) is 11.4. The van der Waals surface area contributed by atoms with E-state index >= 15 is 0 Å². The van der Waals surface area contributed by atoms with Crippen molar-refractivity contribution in [2.24, 2.45) is 5.84 Å². The maximum atomic E-state index is 13.0. The lowest BCUT2D eigenvalue weighted by atomic mass is 9.94. The van der Waals surface area contributed by atoms with Crippen LogP contribution in [0.5, 0.6) is 0 Å². The minimum absolute atomic E-state index is 0.0343. The topological polar surface area (TPSA) is 133 Å². The molecule has 1 unspecified atom stereocenters. The summed E-state index contributed by atoms with van der Waals surface area (Å²) in [6.07, 6.45) is 2.92. The summed E-state index contributed by atoms with van der Waals surface area (Å²) in [7, 11) is 0. The number of hydrogen-bond acceptors (Lipinski definition) is 5. The number of hydrazine groups is 1. The second-order valence-electron chi connectivity index (χ2n) is 8.85. The van der Waals surface area contributed by atoms with Crippen LogP contribution < -0.4 is 11.2 Å². The van der Waals surface area contributed by atoms with Crippen LogP contribution in [0.1, 0.15) is 54.9 Å². The standard InChI is InChI=1S/C25H28N4O5/c1-15(29(26)24(32)28(25(33)34)20-5-3-2-4-6-20)23(31)17-9-7-16(8-10-17)18-11-12-19-14-22(30)27-21(19)13-18/h7-13,15,20H,2-6,14,26H2,1H3,(H,27,30)(H,33,34). The Bertz CT molecular complexity index is 1120. The van der Waals surface area contributed by atoms with E-state index in [9.17, 15) is 24.3 Å². The van der Waals surface area contributed by atoms with E-state index in [0.29, 0.717) is 29.8 Å². The van der Waals surface area contributed by atoms with E-state index in [1.54, 1.807) is 24.3 Å². The van der Waals surface area contributed by atoms with E-state index in [2.05, 4.69) is 5.32 Å². The van der Waals surface area contributed by atoms with Crippen molar-refractivity contribution in [2.45, 2.75) is 57.5 Å². The van der Waals surface area contributed by atoms with Crippen molar-refractivity contribution >= 4 is 29.5 Å². The van der Waals surface area contributed by atoms with Crippen LogP contribution in [0, 0.1) is 0 Å². The number of Topliss-reactive ketones (excluding diaryl/α,β-unsaturated/α-hetero) is 1. The van der Waals surface area contributed by atoms with Gasteiger partial charge in [-0.1, -0.05) is 55.7 Å². The molecule has 4 N–H and O–H groups in total. The van der Waals surface area contributed by atoms with Crippen LogP contribution >= 0.6 is 0 Å². The number of carbonyl (C=O) groups is 4. The molecule has 9 nitrogen and oxygen atoms in total. The normalized spacial score (nSPS) is 16.4. The van der Waals surface area contributed by atoms with Gasteiger partial charge in [0.15, 0.2) is 5.78 Å². The van der Waals surface area contributed by atoms with Gasteiger partial charge in [-0.25, -0.2) is 20.3 Å². The molecule has 1 aliphatic carbocycles. The van der Waals surface area contributed by atoms with Crippen molar-refractivity contribution < 1.29 is 24.3 Å². The van der Waals surface area contributed by atoms with Crippen LogP contribution in [0.2, 0.25) is 0 Å². The van der Waals surface area contributed by atoms with Gasteiger partial charge in [0.2, 0.25) is 5.91 Å². The number of carbonyl (C=O) groups excluding carboxylic acids is 3. The third-order valence-corrected chi connectivity index (χ3v) is 6.61. The van der Waals surface area contributed by atoms with Gasteiger partial charge in [0.05, 0.1) is 6.42 Å². The van der Waals surface area contributed by atoms with E-state index in [1.807, 2.05) is 18.2 Å². The smallest absolute Gasteiger partial charge is 0.415 e. The SMILES string of the molecule is CC(C(=O)c1ccc(-c2ccc3c(c2)NC(=O)C3)cc1)N(N)C(=O)N(C(=O)O)C1CCCCC1. The summed E-state index contributed by atoms with van der Waals surface area (Å²) in [6.45, 7) is 1.48. The molecule has 0 aromatic heterocycles. The van der Waals surface area contributed by atoms with Crippen LogP contribution in [-0.4, -0.2) is 50.9 Å². The number of nitrogens with one attached hydrogen (secondary N) is 1. The van der Waals surface area contributed by atoms with Crippen molar-refractivity contribution in [1.82, 2.24) is 9.91 Å². The van der Waals surface area contributed by atoms with Crippen molar-refractivity contribution in [3.63, 3.8) is 0 Å². The highest BCUT2D eigenvalue weighted by molar-refractivity contribution is 6.03. The minimum atomic E-state index is -1.36. The third-order valence-electron chi connectivity index (χ3n) is 6.61. The van der Waals surface area contributed by atoms with Crippen molar-refractivity contribution in [3.05, 3.63) is 53.6 Å². The quantitative estimate of drug-likeness (QED) is 0.265. The Morgan fingerprint density at radius 3 is 2.32 bits per heavy atom. The van der Waals surface area contributed by atoms with Crippen LogP contribution in [0.4, 0.5) is 15.3 Å². The van der Waals surface area contributed by atoms with E-state index in [1.165, 1.54) is 6.92 Å². The molecule has 1 atom stereocenters. The largest absolute Gasteiger partial charge is 0.465 e. The zero-order valence-electron chi connectivity index (χ0n) is 19.0. The van der Waals surface area contributed by atoms with Crippen LogP contribution in [0.15, 0.2) is 42.5 Å². The molecular formula is C25H28N4O5. The summed E-state index contributed by atoms with van der Waals surface area (Å²) in [4.78, 5) is 50.0. The van der Waals surface area contributed by atoms with Crippen LogP contribution in [0.3, 0.4) is 0 Å². The molecule has 1 heterocycles. The van der Waals surface area contributed by atoms with Gasteiger partial charge in [-0.15, -0.1) is 0 Å². The second-order valence-corrected chi connectivity index (χ2v) is 8.85. The number of nitrogens with zero attached hydrogens (tertiary/aromatic N) is 2. The first-order chi connectivity index (χ1) is 16.3. The molecule has 2 aliphatic rings. The summed E-state index contributed by atoms with van der Waals surface area (Å²) in [5.74, 6) is 5.53. The zero-order chi connectivity index (χ0) is 24.4. The van der Waals surface area contributed by atoms with E-state index in [-0.39, 0.29) is 5.91 Å². The van der Waals surface area contributed by atoms with Gasteiger partial charge >= 0.3 is 12.1 Å². The third kappa shape index (κ3) is 4.65. The van der Waals surface area contributed by atoms with Gasteiger partial charge in [-0.05, 0) is 42.5 Å². The fourth-order valence-corrected chi connectivity index (χ4v) is 4.61. The minimum Gasteiger partial charge on any atom is -0.465 e. The van der Waals surface area contributed by atoms with Gasteiger partial charge in [0.25, 0.3) is 0 Å². The van der Waals surface area contributed by atoms with Gasteiger partial charge in [0.1, 0.15) is 6.04 Å². The number of fused-ring (bicyclic) bond motifs is 1. The number of anilines is 1. The highest BCUT2D eigenvalue weighted by Crippen LogP contribution is 2.30. The predicted octanol–water partition coefficient (Wildman–Crippen LogP) is 4.03. The van der Waals surface area contributed by atoms with Gasteiger partial charge < -0.3 is 10.4 Å². The Hall–Kier alpha value is -3.72. The Morgan fingerprint density at radius 2 is 1.68 bits per heavy atom. The van der Waals surface area contributed by atoms with E-state index < -0.39 is 30.0 Å². The number of benzene rings is 2. The van der Waals surface area contributed by atoms with Gasteiger partial charge in [-0.2, -0.15) is 0 Å². The number of carboxylic acid groups (broad SMARTS) is 1. The summed E-state index contributed by atoms with van der Waals surface area (Å²) in [5, 5.41) is 13.1. The number of amides is 4. The number of rotatable bonds is 5. The molecule has 1 aliphatic heterocycles. The van der Waals surface area contributed by atoms with Gasteiger partial charge in [0, 0.05) is 17.3 Å². The molecule has 0 spiro atoms. The molecule has 0 saturated heterocycles. The predicted molar refractivity (Wildman–Crippen MR) is 126 cm³/mol. The van der Waals surface area contributed by atoms with Crippen molar-refractivity contribution in [1.29, 1.82) is 0 Å². The molecule has 2 aromatic rings. The Kier molecular flexibility index (Phi) is 6.65. The van der Waals surface area contributed by atoms with Crippen LogP contribution in [-0.2, 0) is 11.2 Å². The van der Waals surface area contributed by atoms with E-state index in [4.69, 9.17) is 5.84 Å². The number of nitrogens with two attached hydrogens (primary N) is 1. The highest BCUT2D eigenvalue weighted by atomic mass is 16.4.